The Hall–Kier alpha value is -1.10. The fraction of sp³-hybridized carbons (Fsp3) is 0.808. The van der Waals surface area contributed by atoms with Gasteiger partial charge in [-0.05, 0) is 94.0 Å². The Bertz CT molecular complexity index is 513. The standard InChI is InChI=1S/C26H42FN/c1-3-4-5-6-7-9-22-12-16-24(17-13-22)21(2)25-18-14-23(15-19-25)10-8-11-26(27)20-28/h11,22-25H,2-10,12-19H2,1H3/b26-11-. The number of rotatable bonds is 11. The quantitative estimate of drug-likeness (QED) is 0.197. The van der Waals surface area contributed by atoms with Gasteiger partial charge in [0.1, 0.15) is 6.07 Å². The van der Waals surface area contributed by atoms with Crippen LogP contribution in [0.2, 0.25) is 0 Å². The zero-order valence-corrected chi connectivity index (χ0v) is 18.2. The third kappa shape index (κ3) is 8.10. The molecule has 0 aromatic carbocycles. The van der Waals surface area contributed by atoms with Gasteiger partial charge >= 0.3 is 0 Å². The van der Waals surface area contributed by atoms with E-state index in [2.05, 4.69) is 13.5 Å². The second-order valence-corrected chi connectivity index (χ2v) is 9.45. The summed E-state index contributed by atoms with van der Waals surface area (Å²) in [6.45, 7) is 6.84. The Kier molecular flexibility index (Phi) is 10.9. The summed E-state index contributed by atoms with van der Waals surface area (Å²) in [5, 5.41) is 8.48. The summed E-state index contributed by atoms with van der Waals surface area (Å²) >= 11 is 0. The number of allylic oxidation sites excluding steroid dienone is 3. The highest BCUT2D eigenvalue weighted by Crippen LogP contribution is 2.42. The molecule has 1 nitrogen and oxygen atoms in total. The van der Waals surface area contributed by atoms with Crippen molar-refractivity contribution < 1.29 is 4.39 Å². The van der Waals surface area contributed by atoms with Gasteiger partial charge in [0.2, 0.25) is 0 Å². The van der Waals surface area contributed by atoms with E-state index in [0.29, 0.717) is 12.3 Å². The number of hydrogen-bond acceptors (Lipinski definition) is 1. The second kappa shape index (κ2) is 13.2. The molecule has 2 saturated carbocycles. The van der Waals surface area contributed by atoms with Crippen LogP contribution in [-0.4, -0.2) is 0 Å². The summed E-state index contributed by atoms with van der Waals surface area (Å²) in [7, 11) is 0. The van der Waals surface area contributed by atoms with Crippen molar-refractivity contribution in [3.05, 3.63) is 24.1 Å². The number of nitriles is 1. The highest BCUT2D eigenvalue weighted by molar-refractivity contribution is 5.11. The van der Waals surface area contributed by atoms with Crippen molar-refractivity contribution in [2.24, 2.45) is 23.7 Å². The second-order valence-electron chi connectivity index (χ2n) is 9.45. The van der Waals surface area contributed by atoms with E-state index in [4.69, 9.17) is 5.26 Å². The molecule has 2 aliphatic carbocycles. The maximum Gasteiger partial charge on any atom is 0.196 e. The van der Waals surface area contributed by atoms with E-state index < -0.39 is 5.83 Å². The third-order valence-corrected chi connectivity index (χ3v) is 7.46. The predicted octanol–water partition coefficient (Wildman–Crippen LogP) is 8.67. The smallest absolute Gasteiger partial charge is 0.195 e. The normalized spacial score (nSPS) is 28.7. The topological polar surface area (TPSA) is 23.8 Å². The summed E-state index contributed by atoms with van der Waals surface area (Å²) in [6, 6.07) is 1.57. The first kappa shape index (κ1) is 23.2. The SMILES string of the molecule is C=C(C1CCC(CC/C=C(\F)C#N)CC1)C1CCC(CCCCCCC)CC1. The van der Waals surface area contributed by atoms with Gasteiger partial charge in [-0.15, -0.1) is 0 Å². The number of unbranched alkanes of at least 4 members (excludes halogenated alkanes) is 4. The lowest BCUT2D eigenvalue weighted by molar-refractivity contribution is 0.239. The first-order valence-electron chi connectivity index (χ1n) is 12.1. The van der Waals surface area contributed by atoms with Crippen LogP contribution in [0.25, 0.3) is 0 Å². The molecule has 2 aliphatic rings. The number of hydrogen-bond donors (Lipinski definition) is 0. The lowest BCUT2D eigenvalue weighted by Gasteiger charge is -2.36. The van der Waals surface area contributed by atoms with E-state index in [1.54, 1.807) is 11.6 Å². The summed E-state index contributed by atoms with van der Waals surface area (Å²) in [6.07, 6.45) is 22.3. The van der Waals surface area contributed by atoms with E-state index in [1.807, 2.05) is 0 Å². The Morgan fingerprint density at radius 2 is 1.43 bits per heavy atom. The largest absolute Gasteiger partial charge is 0.196 e. The van der Waals surface area contributed by atoms with Gasteiger partial charge in [0, 0.05) is 0 Å². The van der Waals surface area contributed by atoms with Crippen molar-refractivity contribution in [2.45, 2.75) is 110 Å². The number of halogens is 1. The van der Waals surface area contributed by atoms with Crippen LogP contribution in [0.15, 0.2) is 24.1 Å². The average Bonchev–Trinajstić information content (AvgIpc) is 2.74. The highest BCUT2D eigenvalue weighted by Gasteiger charge is 2.29. The van der Waals surface area contributed by atoms with E-state index in [9.17, 15) is 4.39 Å². The molecule has 0 N–H and O–H groups in total. The molecule has 2 heteroatoms. The van der Waals surface area contributed by atoms with Crippen LogP contribution >= 0.6 is 0 Å². The molecule has 2 fully saturated rings. The lowest BCUT2D eigenvalue weighted by atomic mass is 9.70. The minimum atomic E-state index is -0.626. The van der Waals surface area contributed by atoms with Gasteiger partial charge in [-0.25, -0.2) is 0 Å². The molecule has 0 spiro atoms. The van der Waals surface area contributed by atoms with Crippen LogP contribution in [0.5, 0.6) is 0 Å². The van der Waals surface area contributed by atoms with Crippen LogP contribution < -0.4 is 0 Å². The van der Waals surface area contributed by atoms with Crippen LogP contribution in [0.3, 0.4) is 0 Å². The maximum absolute atomic E-state index is 12.9. The Morgan fingerprint density at radius 3 is 1.96 bits per heavy atom. The summed E-state index contributed by atoms with van der Waals surface area (Å²) < 4.78 is 12.9. The monoisotopic (exact) mass is 387 g/mol. The van der Waals surface area contributed by atoms with E-state index in [0.717, 1.165) is 24.2 Å². The Labute approximate surface area is 173 Å². The molecule has 0 amide bonds. The average molecular weight is 388 g/mol. The van der Waals surface area contributed by atoms with Crippen molar-refractivity contribution in [1.82, 2.24) is 0 Å². The third-order valence-electron chi connectivity index (χ3n) is 7.46. The highest BCUT2D eigenvalue weighted by atomic mass is 19.1. The first-order chi connectivity index (χ1) is 13.6. The van der Waals surface area contributed by atoms with Crippen LogP contribution in [-0.2, 0) is 0 Å². The molecule has 0 unspecified atom stereocenters. The van der Waals surface area contributed by atoms with Crippen molar-refractivity contribution in [1.29, 1.82) is 5.26 Å². The minimum absolute atomic E-state index is 0.626. The molecule has 0 radical (unpaired) electrons. The fourth-order valence-electron chi connectivity index (χ4n) is 5.51. The van der Waals surface area contributed by atoms with E-state index in [1.165, 1.54) is 96.0 Å². The zero-order valence-electron chi connectivity index (χ0n) is 18.2. The van der Waals surface area contributed by atoms with Gasteiger partial charge in [-0.1, -0.05) is 57.6 Å². The fourth-order valence-corrected chi connectivity index (χ4v) is 5.51. The molecule has 0 aliphatic heterocycles. The molecular weight excluding hydrogens is 345 g/mol. The zero-order chi connectivity index (χ0) is 20.2. The van der Waals surface area contributed by atoms with Crippen molar-refractivity contribution in [3.8, 4) is 6.07 Å². The van der Waals surface area contributed by atoms with Crippen molar-refractivity contribution >= 4 is 0 Å². The molecule has 2 rings (SSSR count). The predicted molar refractivity (Wildman–Crippen MR) is 117 cm³/mol. The van der Waals surface area contributed by atoms with Gasteiger partial charge in [0.15, 0.2) is 5.83 Å². The van der Waals surface area contributed by atoms with Crippen LogP contribution in [0, 0.1) is 35.0 Å². The number of nitrogens with zero attached hydrogens (tertiary/aromatic N) is 1. The molecule has 0 aromatic heterocycles. The first-order valence-corrected chi connectivity index (χ1v) is 12.1. The molecule has 0 heterocycles. The van der Waals surface area contributed by atoms with E-state index >= 15 is 0 Å². The van der Waals surface area contributed by atoms with Gasteiger partial charge in [-0.2, -0.15) is 9.65 Å². The molecule has 0 saturated heterocycles. The summed E-state index contributed by atoms with van der Waals surface area (Å²) in [5.74, 6) is 2.54. The Morgan fingerprint density at radius 1 is 0.893 bits per heavy atom. The molecule has 0 aromatic rings. The molecule has 0 bridgehead atoms. The molecule has 28 heavy (non-hydrogen) atoms. The minimum Gasteiger partial charge on any atom is -0.195 e. The van der Waals surface area contributed by atoms with Crippen molar-refractivity contribution in [2.75, 3.05) is 0 Å². The van der Waals surface area contributed by atoms with Gasteiger partial charge in [0.25, 0.3) is 0 Å². The van der Waals surface area contributed by atoms with Crippen LogP contribution in [0.1, 0.15) is 110 Å². The molecule has 158 valence electrons. The summed E-state index contributed by atoms with van der Waals surface area (Å²) in [4.78, 5) is 0. The molecule has 0 atom stereocenters. The maximum atomic E-state index is 12.9. The van der Waals surface area contributed by atoms with Gasteiger partial charge < -0.3 is 0 Å². The van der Waals surface area contributed by atoms with E-state index in [-0.39, 0.29) is 0 Å². The summed E-state index contributed by atoms with van der Waals surface area (Å²) in [5.41, 5.74) is 1.55. The lowest BCUT2D eigenvalue weighted by Crippen LogP contribution is -2.23. The molecular formula is C26H42FN. The van der Waals surface area contributed by atoms with Crippen LogP contribution in [0.4, 0.5) is 4.39 Å². The Balaban J connectivity index is 1.60. The van der Waals surface area contributed by atoms with Crippen molar-refractivity contribution in [3.63, 3.8) is 0 Å². The van der Waals surface area contributed by atoms with Gasteiger partial charge in [-0.3, -0.25) is 0 Å². The van der Waals surface area contributed by atoms with Gasteiger partial charge in [0.05, 0.1) is 0 Å².